The van der Waals surface area contributed by atoms with E-state index in [9.17, 15) is 4.21 Å². The Morgan fingerprint density at radius 2 is 1.73 bits per heavy atom. The van der Waals surface area contributed by atoms with Crippen LogP contribution in [0.3, 0.4) is 0 Å². The predicted molar refractivity (Wildman–Crippen MR) is 63.1 cm³/mol. The summed E-state index contributed by atoms with van der Waals surface area (Å²) in [4.78, 5) is 5.55. The number of rotatable bonds is 2. The third-order valence-electron chi connectivity index (χ3n) is 1.87. The van der Waals surface area contributed by atoms with Crippen LogP contribution in [0.5, 0.6) is 0 Å². The van der Waals surface area contributed by atoms with E-state index in [1.54, 1.807) is 18.3 Å². The monoisotopic (exact) mass is 281 g/mol. The summed E-state index contributed by atoms with van der Waals surface area (Å²) in [6, 6.07) is 12.9. The first-order valence-corrected chi connectivity index (χ1v) is 6.30. The topological polar surface area (TPSA) is 30.0 Å². The van der Waals surface area contributed by atoms with Crippen LogP contribution in [0.2, 0.25) is 0 Å². The molecule has 0 aliphatic heterocycles. The molecule has 0 aliphatic rings. The first-order chi connectivity index (χ1) is 7.27. The van der Waals surface area contributed by atoms with Crippen molar-refractivity contribution in [3.8, 4) is 0 Å². The Hall–Kier alpha value is -1.000. The molecule has 0 aliphatic carbocycles. The van der Waals surface area contributed by atoms with E-state index < -0.39 is 10.8 Å². The standard InChI is InChI=1S/C11H8BrNOS/c12-11-7-6-10(8-13-11)15(14)9-4-2-1-3-5-9/h1-8H. The van der Waals surface area contributed by atoms with Gasteiger partial charge in [-0.15, -0.1) is 0 Å². The van der Waals surface area contributed by atoms with Crippen molar-refractivity contribution in [2.75, 3.05) is 0 Å². The fraction of sp³-hybridized carbons (Fsp3) is 0. The Balaban J connectivity index is 2.33. The molecule has 0 amide bonds. The Morgan fingerprint density at radius 3 is 2.33 bits per heavy atom. The molecule has 76 valence electrons. The molecule has 1 heterocycles. The normalized spacial score (nSPS) is 12.3. The van der Waals surface area contributed by atoms with Crippen LogP contribution in [0, 0.1) is 0 Å². The smallest absolute Gasteiger partial charge is 0.106 e. The molecule has 0 saturated heterocycles. The number of halogens is 1. The van der Waals surface area contributed by atoms with Crippen molar-refractivity contribution >= 4 is 26.7 Å². The Morgan fingerprint density at radius 1 is 1.00 bits per heavy atom. The molecule has 1 atom stereocenters. The lowest BCUT2D eigenvalue weighted by Crippen LogP contribution is -1.92. The van der Waals surface area contributed by atoms with E-state index in [-0.39, 0.29) is 0 Å². The van der Waals surface area contributed by atoms with Gasteiger partial charge in [-0.3, -0.25) is 0 Å². The second-order valence-electron chi connectivity index (χ2n) is 2.90. The lowest BCUT2D eigenvalue weighted by molar-refractivity contribution is 0.682. The number of hydrogen-bond acceptors (Lipinski definition) is 2. The lowest BCUT2D eigenvalue weighted by atomic mass is 10.4. The summed E-state index contributed by atoms with van der Waals surface area (Å²) in [5, 5.41) is 0. The van der Waals surface area contributed by atoms with E-state index >= 15 is 0 Å². The van der Waals surface area contributed by atoms with Crippen molar-refractivity contribution in [3.05, 3.63) is 53.3 Å². The van der Waals surface area contributed by atoms with Gasteiger partial charge in [0.1, 0.15) is 4.60 Å². The van der Waals surface area contributed by atoms with Gasteiger partial charge in [0.15, 0.2) is 0 Å². The summed E-state index contributed by atoms with van der Waals surface area (Å²) in [6.45, 7) is 0. The highest BCUT2D eigenvalue weighted by molar-refractivity contribution is 9.10. The summed E-state index contributed by atoms with van der Waals surface area (Å²) in [6.07, 6.45) is 1.62. The van der Waals surface area contributed by atoms with E-state index in [0.717, 1.165) is 9.50 Å². The van der Waals surface area contributed by atoms with Gasteiger partial charge in [0.2, 0.25) is 0 Å². The summed E-state index contributed by atoms with van der Waals surface area (Å²) in [5.74, 6) is 0. The van der Waals surface area contributed by atoms with Crippen molar-refractivity contribution in [3.63, 3.8) is 0 Å². The van der Waals surface area contributed by atoms with Gasteiger partial charge in [0.05, 0.1) is 15.7 Å². The molecule has 15 heavy (non-hydrogen) atoms. The Bertz CT molecular complexity index is 470. The van der Waals surface area contributed by atoms with Gasteiger partial charge < -0.3 is 0 Å². The maximum atomic E-state index is 12.0. The molecule has 1 aromatic carbocycles. The van der Waals surface area contributed by atoms with Gasteiger partial charge in [-0.05, 0) is 40.2 Å². The molecule has 4 heteroatoms. The lowest BCUT2D eigenvalue weighted by Gasteiger charge is -2.01. The number of benzene rings is 1. The van der Waals surface area contributed by atoms with Crippen LogP contribution in [0.4, 0.5) is 0 Å². The summed E-state index contributed by atoms with van der Waals surface area (Å²) in [7, 11) is -1.14. The molecule has 2 rings (SSSR count). The number of nitrogens with zero attached hydrogens (tertiary/aromatic N) is 1. The van der Waals surface area contributed by atoms with Crippen molar-refractivity contribution in [1.29, 1.82) is 0 Å². The molecule has 0 radical (unpaired) electrons. The Labute approximate surface area is 98.9 Å². The SMILES string of the molecule is O=S(c1ccccc1)c1ccc(Br)nc1. The van der Waals surface area contributed by atoms with Gasteiger partial charge >= 0.3 is 0 Å². The summed E-state index contributed by atoms with van der Waals surface area (Å²) < 4.78 is 12.8. The van der Waals surface area contributed by atoms with Crippen molar-refractivity contribution in [1.82, 2.24) is 4.98 Å². The Kier molecular flexibility index (Phi) is 3.28. The van der Waals surface area contributed by atoms with E-state index in [1.807, 2.05) is 30.3 Å². The zero-order chi connectivity index (χ0) is 10.7. The van der Waals surface area contributed by atoms with Crippen LogP contribution >= 0.6 is 15.9 Å². The van der Waals surface area contributed by atoms with Crippen LogP contribution in [0.15, 0.2) is 63.1 Å². The first-order valence-electron chi connectivity index (χ1n) is 4.36. The highest BCUT2D eigenvalue weighted by Crippen LogP contribution is 2.16. The minimum Gasteiger partial charge on any atom is -0.249 e. The molecule has 0 bridgehead atoms. The highest BCUT2D eigenvalue weighted by Gasteiger charge is 2.06. The number of aromatic nitrogens is 1. The fourth-order valence-corrected chi connectivity index (χ4v) is 2.40. The van der Waals surface area contributed by atoms with Crippen molar-refractivity contribution < 1.29 is 4.21 Å². The van der Waals surface area contributed by atoms with Gasteiger partial charge in [-0.25, -0.2) is 9.19 Å². The largest absolute Gasteiger partial charge is 0.249 e. The van der Waals surface area contributed by atoms with Gasteiger partial charge in [0.25, 0.3) is 0 Å². The molecule has 0 fully saturated rings. The maximum Gasteiger partial charge on any atom is 0.106 e. The van der Waals surface area contributed by atoms with E-state index in [0.29, 0.717) is 4.90 Å². The minimum atomic E-state index is -1.14. The summed E-state index contributed by atoms with van der Waals surface area (Å²) >= 11 is 3.24. The van der Waals surface area contributed by atoms with Crippen LogP contribution in [-0.2, 0) is 10.8 Å². The van der Waals surface area contributed by atoms with Crippen LogP contribution in [0.25, 0.3) is 0 Å². The minimum absolute atomic E-state index is 0.712. The molecule has 0 N–H and O–H groups in total. The second-order valence-corrected chi connectivity index (χ2v) is 5.19. The maximum absolute atomic E-state index is 12.0. The molecular formula is C11H8BrNOS. The third-order valence-corrected chi connectivity index (χ3v) is 3.71. The van der Waals surface area contributed by atoms with Gasteiger partial charge in [-0.2, -0.15) is 0 Å². The molecule has 1 aromatic heterocycles. The molecule has 1 unspecified atom stereocenters. The molecule has 0 saturated carbocycles. The van der Waals surface area contributed by atoms with Gasteiger partial charge in [-0.1, -0.05) is 18.2 Å². The van der Waals surface area contributed by atoms with Crippen LogP contribution < -0.4 is 0 Å². The van der Waals surface area contributed by atoms with Crippen molar-refractivity contribution in [2.24, 2.45) is 0 Å². The van der Waals surface area contributed by atoms with Crippen LogP contribution in [-0.4, -0.2) is 9.19 Å². The zero-order valence-electron chi connectivity index (χ0n) is 7.76. The average Bonchev–Trinajstić information content (AvgIpc) is 2.30. The fourth-order valence-electron chi connectivity index (χ4n) is 1.15. The van der Waals surface area contributed by atoms with E-state index in [2.05, 4.69) is 20.9 Å². The summed E-state index contributed by atoms with van der Waals surface area (Å²) in [5.41, 5.74) is 0. The number of hydrogen-bond donors (Lipinski definition) is 0. The molecule has 0 spiro atoms. The van der Waals surface area contributed by atoms with Crippen LogP contribution in [0.1, 0.15) is 0 Å². The molecule has 2 nitrogen and oxygen atoms in total. The van der Waals surface area contributed by atoms with E-state index in [4.69, 9.17) is 0 Å². The van der Waals surface area contributed by atoms with Gasteiger partial charge in [0, 0.05) is 11.1 Å². The zero-order valence-corrected chi connectivity index (χ0v) is 10.2. The quantitative estimate of drug-likeness (QED) is 0.792. The average molecular weight is 282 g/mol. The first kappa shape index (κ1) is 10.5. The third kappa shape index (κ3) is 2.52. The second kappa shape index (κ2) is 4.68. The van der Waals surface area contributed by atoms with Crippen molar-refractivity contribution in [2.45, 2.75) is 9.79 Å². The van der Waals surface area contributed by atoms with E-state index in [1.165, 1.54) is 0 Å². The predicted octanol–water partition coefficient (Wildman–Crippen LogP) is 3.01. The molecule has 2 aromatic rings. The number of pyridine rings is 1. The highest BCUT2D eigenvalue weighted by atomic mass is 79.9. The molecular weight excluding hydrogens is 274 g/mol.